The Morgan fingerprint density at radius 3 is 2.05 bits per heavy atom. The SMILES string of the molecule is CCC(C)NC(=O)c1c(OC)cc(OC)cc1OC. The molecule has 0 aliphatic rings. The van der Waals surface area contributed by atoms with E-state index in [-0.39, 0.29) is 11.9 Å². The first kappa shape index (κ1) is 15.1. The Morgan fingerprint density at radius 1 is 1.16 bits per heavy atom. The van der Waals surface area contributed by atoms with E-state index in [0.717, 1.165) is 6.42 Å². The van der Waals surface area contributed by atoms with Crippen LogP contribution in [-0.4, -0.2) is 33.3 Å². The van der Waals surface area contributed by atoms with Gasteiger partial charge in [0.25, 0.3) is 5.91 Å². The first-order valence-corrected chi connectivity index (χ1v) is 6.18. The molecule has 1 aromatic rings. The Kier molecular flexibility index (Phi) is 5.48. The third-order valence-electron chi connectivity index (χ3n) is 2.93. The largest absolute Gasteiger partial charge is 0.496 e. The molecule has 1 rings (SSSR count). The van der Waals surface area contributed by atoms with Gasteiger partial charge >= 0.3 is 0 Å². The van der Waals surface area contributed by atoms with E-state index in [1.807, 2.05) is 13.8 Å². The summed E-state index contributed by atoms with van der Waals surface area (Å²) in [6.45, 7) is 3.95. The molecule has 0 spiro atoms. The Hall–Kier alpha value is -1.91. The van der Waals surface area contributed by atoms with E-state index in [1.165, 1.54) is 14.2 Å². The molecule has 5 heteroatoms. The average Bonchev–Trinajstić information content (AvgIpc) is 2.44. The summed E-state index contributed by atoms with van der Waals surface area (Å²) in [5.41, 5.74) is 0.381. The lowest BCUT2D eigenvalue weighted by atomic mass is 10.1. The highest BCUT2D eigenvalue weighted by Gasteiger charge is 2.21. The number of carbonyl (C=O) groups is 1. The maximum atomic E-state index is 12.3. The van der Waals surface area contributed by atoms with Gasteiger partial charge in [-0.05, 0) is 13.3 Å². The van der Waals surface area contributed by atoms with Gasteiger partial charge in [0, 0.05) is 18.2 Å². The van der Waals surface area contributed by atoms with Gasteiger partial charge in [-0.15, -0.1) is 0 Å². The van der Waals surface area contributed by atoms with Gasteiger partial charge in [-0.25, -0.2) is 0 Å². The number of methoxy groups -OCH3 is 3. The van der Waals surface area contributed by atoms with E-state index in [1.54, 1.807) is 19.2 Å². The van der Waals surface area contributed by atoms with Crippen LogP contribution in [0.3, 0.4) is 0 Å². The molecule has 0 radical (unpaired) electrons. The van der Waals surface area contributed by atoms with E-state index < -0.39 is 0 Å². The van der Waals surface area contributed by atoms with E-state index in [2.05, 4.69) is 5.32 Å². The van der Waals surface area contributed by atoms with Gasteiger partial charge in [0.05, 0.1) is 21.3 Å². The molecule has 0 aliphatic heterocycles. The predicted octanol–water partition coefficient (Wildman–Crippen LogP) is 2.24. The maximum absolute atomic E-state index is 12.3. The van der Waals surface area contributed by atoms with E-state index in [0.29, 0.717) is 22.8 Å². The molecule has 0 fully saturated rings. The lowest BCUT2D eigenvalue weighted by Crippen LogP contribution is -2.32. The molecular weight excluding hydrogens is 246 g/mol. The molecule has 1 atom stereocenters. The van der Waals surface area contributed by atoms with Crippen molar-refractivity contribution in [3.63, 3.8) is 0 Å². The lowest BCUT2D eigenvalue weighted by molar-refractivity contribution is 0.0933. The molecule has 19 heavy (non-hydrogen) atoms. The van der Waals surface area contributed by atoms with Crippen LogP contribution in [0.2, 0.25) is 0 Å². The van der Waals surface area contributed by atoms with Crippen molar-refractivity contribution in [2.75, 3.05) is 21.3 Å². The number of benzene rings is 1. The van der Waals surface area contributed by atoms with Crippen molar-refractivity contribution in [3.05, 3.63) is 17.7 Å². The summed E-state index contributed by atoms with van der Waals surface area (Å²) in [7, 11) is 4.57. The summed E-state index contributed by atoms with van der Waals surface area (Å²) >= 11 is 0. The van der Waals surface area contributed by atoms with E-state index in [9.17, 15) is 4.79 Å². The number of nitrogens with one attached hydrogen (secondary N) is 1. The average molecular weight is 267 g/mol. The molecule has 0 bridgehead atoms. The second-order valence-electron chi connectivity index (χ2n) is 4.19. The van der Waals surface area contributed by atoms with Crippen molar-refractivity contribution in [1.29, 1.82) is 0 Å². The minimum absolute atomic E-state index is 0.0870. The number of rotatable bonds is 6. The van der Waals surface area contributed by atoms with Crippen molar-refractivity contribution < 1.29 is 19.0 Å². The fourth-order valence-corrected chi connectivity index (χ4v) is 1.63. The molecule has 5 nitrogen and oxygen atoms in total. The Labute approximate surface area is 113 Å². The lowest BCUT2D eigenvalue weighted by Gasteiger charge is -2.17. The number of ether oxygens (including phenoxy) is 3. The van der Waals surface area contributed by atoms with Crippen molar-refractivity contribution >= 4 is 5.91 Å². The standard InChI is InChI=1S/C14H21NO4/c1-6-9(2)15-14(16)13-11(18-4)7-10(17-3)8-12(13)19-5/h7-9H,6H2,1-5H3,(H,15,16). The van der Waals surface area contributed by atoms with Crippen LogP contribution in [0.5, 0.6) is 17.2 Å². The van der Waals surface area contributed by atoms with Gasteiger partial charge < -0.3 is 19.5 Å². The first-order chi connectivity index (χ1) is 9.07. The first-order valence-electron chi connectivity index (χ1n) is 6.18. The topological polar surface area (TPSA) is 56.8 Å². The van der Waals surface area contributed by atoms with Crippen LogP contribution < -0.4 is 19.5 Å². The minimum atomic E-state index is -0.217. The molecule has 1 amide bonds. The highest BCUT2D eigenvalue weighted by atomic mass is 16.5. The quantitative estimate of drug-likeness (QED) is 0.858. The molecule has 0 saturated heterocycles. The highest BCUT2D eigenvalue weighted by molar-refractivity contribution is 6.00. The van der Waals surface area contributed by atoms with Crippen molar-refractivity contribution in [1.82, 2.24) is 5.32 Å². The van der Waals surface area contributed by atoms with Crippen LogP contribution in [0.4, 0.5) is 0 Å². The second-order valence-corrected chi connectivity index (χ2v) is 4.19. The van der Waals surface area contributed by atoms with Gasteiger partial charge in [0.15, 0.2) is 0 Å². The third kappa shape index (κ3) is 3.53. The van der Waals surface area contributed by atoms with Crippen LogP contribution in [0.15, 0.2) is 12.1 Å². The fourth-order valence-electron chi connectivity index (χ4n) is 1.63. The molecular formula is C14H21NO4. The molecule has 0 aliphatic carbocycles. The number of hydrogen-bond acceptors (Lipinski definition) is 4. The van der Waals surface area contributed by atoms with E-state index in [4.69, 9.17) is 14.2 Å². The van der Waals surface area contributed by atoms with Crippen molar-refractivity contribution in [2.24, 2.45) is 0 Å². The summed E-state index contributed by atoms with van der Waals surface area (Å²) < 4.78 is 15.6. The summed E-state index contributed by atoms with van der Waals surface area (Å²) in [5, 5.41) is 2.89. The maximum Gasteiger partial charge on any atom is 0.259 e. The third-order valence-corrected chi connectivity index (χ3v) is 2.93. The monoisotopic (exact) mass is 267 g/mol. The minimum Gasteiger partial charge on any atom is -0.496 e. The van der Waals surface area contributed by atoms with E-state index >= 15 is 0 Å². The summed E-state index contributed by atoms with van der Waals surface area (Å²) in [6.07, 6.45) is 0.854. The van der Waals surface area contributed by atoms with Crippen LogP contribution >= 0.6 is 0 Å². The fraction of sp³-hybridized carbons (Fsp3) is 0.500. The molecule has 0 heterocycles. The van der Waals surface area contributed by atoms with Gasteiger partial charge in [-0.3, -0.25) is 4.79 Å². The van der Waals surface area contributed by atoms with Crippen LogP contribution in [-0.2, 0) is 0 Å². The molecule has 1 aromatic carbocycles. The summed E-state index contributed by atoms with van der Waals surface area (Å²) in [5.74, 6) is 1.22. The Balaban J connectivity index is 3.20. The van der Waals surface area contributed by atoms with Crippen LogP contribution in [0.25, 0.3) is 0 Å². The predicted molar refractivity (Wildman–Crippen MR) is 73.3 cm³/mol. The zero-order valence-corrected chi connectivity index (χ0v) is 12.1. The zero-order valence-electron chi connectivity index (χ0n) is 12.1. The van der Waals surface area contributed by atoms with Crippen LogP contribution in [0, 0.1) is 0 Å². The molecule has 1 N–H and O–H groups in total. The smallest absolute Gasteiger partial charge is 0.259 e. The van der Waals surface area contributed by atoms with Crippen molar-refractivity contribution in [2.45, 2.75) is 26.3 Å². The Morgan fingerprint density at radius 2 is 1.68 bits per heavy atom. The molecule has 0 aromatic heterocycles. The second kappa shape index (κ2) is 6.87. The Bertz CT molecular complexity index is 420. The normalized spacial score (nSPS) is 11.6. The molecule has 1 unspecified atom stereocenters. The number of carbonyl (C=O) groups excluding carboxylic acids is 1. The molecule has 0 saturated carbocycles. The number of amides is 1. The summed E-state index contributed by atoms with van der Waals surface area (Å²) in [4.78, 5) is 12.3. The zero-order chi connectivity index (χ0) is 14.4. The molecule has 106 valence electrons. The van der Waals surface area contributed by atoms with Crippen LogP contribution in [0.1, 0.15) is 30.6 Å². The van der Waals surface area contributed by atoms with Crippen molar-refractivity contribution in [3.8, 4) is 17.2 Å². The van der Waals surface area contributed by atoms with Gasteiger partial charge in [-0.2, -0.15) is 0 Å². The number of hydrogen-bond donors (Lipinski definition) is 1. The van der Waals surface area contributed by atoms with Gasteiger partial charge in [-0.1, -0.05) is 6.92 Å². The van der Waals surface area contributed by atoms with Gasteiger partial charge in [0.1, 0.15) is 22.8 Å². The highest BCUT2D eigenvalue weighted by Crippen LogP contribution is 2.33. The summed E-state index contributed by atoms with van der Waals surface area (Å²) in [6, 6.07) is 3.41. The van der Waals surface area contributed by atoms with Gasteiger partial charge in [0.2, 0.25) is 0 Å².